The van der Waals surface area contributed by atoms with Gasteiger partial charge in [-0.1, -0.05) is 41.9 Å². The molecule has 0 unspecified atom stereocenters. The minimum absolute atomic E-state index is 0.484. The van der Waals surface area contributed by atoms with Gasteiger partial charge in [0, 0.05) is 0 Å². The van der Waals surface area contributed by atoms with Crippen LogP contribution >= 0.6 is 11.6 Å². The highest BCUT2D eigenvalue weighted by molar-refractivity contribution is 6.33. The van der Waals surface area contributed by atoms with E-state index in [-0.39, 0.29) is 0 Å². The van der Waals surface area contributed by atoms with Gasteiger partial charge in [0.2, 0.25) is 0 Å². The van der Waals surface area contributed by atoms with Crippen molar-refractivity contribution >= 4 is 17.4 Å². The smallest absolute Gasteiger partial charge is 0.178 e. The van der Waals surface area contributed by atoms with Crippen molar-refractivity contribution in [3.05, 3.63) is 77.1 Å². The van der Waals surface area contributed by atoms with Crippen LogP contribution in [0, 0.1) is 0 Å². The molecular formula is C18H17ClN6O. The first-order valence-corrected chi connectivity index (χ1v) is 8.42. The molecule has 2 N–H and O–H groups in total. The maximum Gasteiger partial charge on any atom is 0.178 e. The fourth-order valence-electron chi connectivity index (χ4n) is 2.72. The van der Waals surface area contributed by atoms with E-state index in [4.69, 9.17) is 16.3 Å². The van der Waals surface area contributed by atoms with Crippen LogP contribution in [-0.4, -0.2) is 27.7 Å². The van der Waals surface area contributed by atoms with Crippen LogP contribution in [0.25, 0.3) is 5.69 Å². The van der Waals surface area contributed by atoms with Crippen molar-refractivity contribution in [3.8, 4) is 11.4 Å². The molecule has 0 saturated heterocycles. The van der Waals surface area contributed by atoms with Crippen molar-refractivity contribution in [2.45, 2.75) is 6.54 Å². The second kappa shape index (κ2) is 7.07. The Balaban J connectivity index is 1.60. The molecule has 4 rings (SSSR count). The third-order valence-electron chi connectivity index (χ3n) is 4.05. The first kappa shape index (κ1) is 16.4. The summed E-state index contributed by atoms with van der Waals surface area (Å²) in [4.78, 5) is 0. The van der Waals surface area contributed by atoms with E-state index in [2.05, 4.69) is 33.4 Å². The normalized spacial score (nSPS) is 13.5. The van der Waals surface area contributed by atoms with Gasteiger partial charge >= 0.3 is 0 Å². The molecule has 1 aliphatic heterocycles. The van der Waals surface area contributed by atoms with E-state index >= 15 is 0 Å². The van der Waals surface area contributed by atoms with Gasteiger partial charge in [0.1, 0.15) is 10.9 Å². The van der Waals surface area contributed by atoms with Crippen LogP contribution < -0.4 is 15.8 Å². The summed E-state index contributed by atoms with van der Waals surface area (Å²) >= 11 is 6.59. The Hall–Kier alpha value is -3.03. The number of nitrogens with zero attached hydrogens (tertiary/aromatic N) is 4. The van der Waals surface area contributed by atoms with Crippen molar-refractivity contribution in [2.24, 2.45) is 5.10 Å². The summed E-state index contributed by atoms with van der Waals surface area (Å²) in [5, 5.41) is 11.1. The Morgan fingerprint density at radius 1 is 1.08 bits per heavy atom. The molecule has 3 aromatic rings. The molecule has 1 aliphatic rings. The second-order valence-electron chi connectivity index (χ2n) is 5.69. The number of hydrazine groups is 2. The van der Waals surface area contributed by atoms with Gasteiger partial charge in [-0.25, -0.2) is 10.2 Å². The number of rotatable bonds is 5. The number of hydrogen-bond donors (Lipinski definition) is 2. The Morgan fingerprint density at radius 3 is 2.58 bits per heavy atom. The van der Waals surface area contributed by atoms with E-state index in [1.165, 1.54) is 0 Å². The molecular weight excluding hydrogens is 352 g/mol. The van der Waals surface area contributed by atoms with Crippen molar-refractivity contribution in [2.75, 3.05) is 7.11 Å². The lowest BCUT2D eigenvalue weighted by Gasteiger charge is -2.18. The molecule has 0 bridgehead atoms. The molecule has 0 atom stereocenters. The molecule has 2 aromatic carbocycles. The van der Waals surface area contributed by atoms with Gasteiger partial charge in [0.25, 0.3) is 0 Å². The fourth-order valence-corrected chi connectivity index (χ4v) is 3.00. The quantitative estimate of drug-likeness (QED) is 0.725. The summed E-state index contributed by atoms with van der Waals surface area (Å²) < 4.78 is 6.85. The standard InChI is InChI=1S/C18H17ClN6O/c1-26-15-9-7-14(8-10-15)25-17(19)16(11-20-25)18-21-22-23-24(18)12-13-5-3-2-4-6-13/h2-11,22-23H,12H2,1H3. The van der Waals surface area contributed by atoms with Crippen molar-refractivity contribution in [1.82, 2.24) is 25.9 Å². The lowest BCUT2D eigenvalue weighted by atomic mass is 10.2. The monoisotopic (exact) mass is 368 g/mol. The number of hydrogen-bond acceptors (Lipinski definition) is 6. The lowest BCUT2D eigenvalue weighted by molar-refractivity contribution is 0.288. The third-order valence-corrected chi connectivity index (χ3v) is 4.42. The van der Waals surface area contributed by atoms with Crippen LogP contribution in [0.2, 0.25) is 5.15 Å². The fraction of sp³-hybridized carbons (Fsp3) is 0.111. The van der Waals surface area contributed by atoms with E-state index in [9.17, 15) is 0 Å². The van der Waals surface area contributed by atoms with Crippen molar-refractivity contribution < 1.29 is 4.74 Å². The van der Waals surface area contributed by atoms with Crippen LogP contribution in [0.1, 0.15) is 11.1 Å². The molecule has 0 saturated carbocycles. The number of aromatic nitrogens is 2. The minimum atomic E-state index is 0.484. The predicted molar refractivity (Wildman–Crippen MR) is 99.9 cm³/mol. The van der Waals surface area contributed by atoms with E-state index in [1.807, 2.05) is 47.5 Å². The number of methoxy groups -OCH3 is 1. The molecule has 7 nitrogen and oxygen atoms in total. The molecule has 132 valence electrons. The van der Waals surface area contributed by atoms with Crippen molar-refractivity contribution in [3.63, 3.8) is 0 Å². The average Bonchev–Trinajstić information content (AvgIpc) is 3.29. The summed E-state index contributed by atoms with van der Waals surface area (Å²) in [6.07, 6.45) is 1.71. The molecule has 0 radical (unpaired) electrons. The number of hydrazone groups is 1. The zero-order valence-electron chi connectivity index (χ0n) is 14.1. The molecule has 0 amide bonds. The Morgan fingerprint density at radius 2 is 1.85 bits per heavy atom. The first-order valence-electron chi connectivity index (χ1n) is 8.04. The maximum atomic E-state index is 6.59. The second-order valence-corrected chi connectivity index (χ2v) is 6.05. The Kier molecular flexibility index (Phi) is 4.47. The molecule has 2 heterocycles. The van der Waals surface area contributed by atoms with Crippen LogP contribution in [0.3, 0.4) is 0 Å². The van der Waals surface area contributed by atoms with Crippen molar-refractivity contribution in [1.29, 1.82) is 0 Å². The summed E-state index contributed by atoms with van der Waals surface area (Å²) in [6, 6.07) is 17.6. The van der Waals surface area contributed by atoms with Crippen LogP contribution in [0.15, 0.2) is 65.9 Å². The first-order chi connectivity index (χ1) is 12.8. The lowest BCUT2D eigenvalue weighted by Crippen LogP contribution is -2.40. The maximum absolute atomic E-state index is 6.59. The van der Waals surface area contributed by atoms with Gasteiger partial charge in [-0.15, -0.1) is 10.6 Å². The third kappa shape index (κ3) is 3.10. The van der Waals surface area contributed by atoms with Crippen LogP contribution in [0.4, 0.5) is 0 Å². The van der Waals surface area contributed by atoms with Gasteiger partial charge in [0.15, 0.2) is 5.84 Å². The summed E-state index contributed by atoms with van der Waals surface area (Å²) in [5.74, 6) is 1.46. The molecule has 0 aliphatic carbocycles. The zero-order chi connectivity index (χ0) is 17.9. The van der Waals surface area contributed by atoms with Gasteiger partial charge in [0.05, 0.1) is 31.1 Å². The summed E-state index contributed by atoms with van der Waals surface area (Å²) in [7, 11) is 1.63. The van der Waals surface area contributed by atoms with E-state index < -0.39 is 0 Å². The molecule has 1 aromatic heterocycles. The van der Waals surface area contributed by atoms with E-state index in [0.717, 1.165) is 22.6 Å². The molecule has 0 fully saturated rings. The van der Waals surface area contributed by atoms with Gasteiger partial charge in [-0.3, -0.25) is 5.01 Å². The highest BCUT2D eigenvalue weighted by Crippen LogP contribution is 2.24. The average molecular weight is 369 g/mol. The molecule has 0 spiro atoms. The molecule has 8 heteroatoms. The summed E-state index contributed by atoms with van der Waals surface area (Å²) in [5.41, 5.74) is 8.52. The Bertz CT molecular complexity index is 923. The van der Waals surface area contributed by atoms with E-state index in [0.29, 0.717) is 17.5 Å². The summed E-state index contributed by atoms with van der Waals surface area (Å²) in [6.45, 7) is 0.636. The van der Waals surface area contributed by atoms with Gasteiger partial charge < -0.3 is 4.74 Å². The molecule has 26 heavy (non-hydrogen) atoms. The topological polar surface area (TPSA) is 66.7 Å². The largest absolute Gasteiger partial charge is 0.497 e. The number of amidine groups is 1. The predicted octanol–water partition coefficient (Wildman–Crippen LogP) is 2.72. The number of halogens is 1. The highest BCUT2D eigenvalue weighted by atomic mass is 35.5. The SMILES string of the molecule is COc1ccc(-n2ncc(C3=NNNN3Cc3ccccc3)c2Cl)cc1. The van der Waals surface area contributed by atoms with Crippen LogP contribution in [0.5, 0.6) is 5.75 Å². The number of nitrogens with one attached hydrogen (secondary N) is 2. The van der Waals surface area contributed by atoms with E-state index in [1.54, 1.807) is 18.0 Å². The highest BCUT2D eigenvalue weighted by Gasteiger charge is 2.24. The Labute approximate surface area is 155 Å². The number of ether oxygens (including phenoxy) is 1. The van der Waals surface area contributed by atoms with Gasteiger partial charge in [-0.05, 0) is 29.8 Å². The van der Waals surface area contributed by atoms with Crippen LogP contribution in [-0.2, 0) is 6.54 Å². The zero-order valence-corrected chi connectivity index (χ0v) is 14.8. The van der Waals surface area contributed by atoms with Gasteiger partial charge in [-0.2, -0.15) is 5.10 Å². The number of benzene rings is 2. The minimum Gasteiger partial charge on any atom is -0.497 e.